The van der Waals surface area contributed by atoms with Crippen LogP contribution < -0.4 is 4.74 Å². The van der Waals surface area contributed by atoms with E-state index in [4.69, 9.17) is 9.47 Å². The van der Waals surface area contributed by atoms with Gasteiger partial charge in [0, 0.05) is 25.3 Å². The quantitative estimate of drug-likeness (QED) is 0.833. The molecule has 1 aliphatic heterocycles. The van der Waals surface area contributed by atoms with Gasteiger partial charge in [0.2, 0.25) is 0 Å². The van der Waals surface area contributed by atoms with Crippen molar-refractivity contribution in [2.45, 2.75) is 32.3 Å². The van der Waals surface area contributed by atoms with Gasteiger partial charge in [-0.2, -0.15) is 0 Å². The molecule has 1 atom stereocenters. The maximum absolute atomic E-state index is 12.8. The Morgan fingerprint density at radius 1 is 1.19 bits per heavy atom. The zero-order valence-electron chi connectivity index (χ0n) is 16.0. The second-order valence-corrected chi connectivity index (χ2v) is 6.85. The van der Waals surface area contributed by atoms with E-state index < -0.39 is 0 Å². The van der Waals surface area contributed by atoms with E-state index in [1.165, 1.54) is 7.11 Å². The highest BCUT2D eigenvalue weighted by Crippen LogP contribution is 2.31. The topological polar surface area (TPSA) is 59.0 Å². The first-order valence-electron chi connectivity index (χ1n) is 9.50. The summed E-state index contributed by atoms with van der Waals surface area (Å²) in [6, 6.07) is 12.8. The average molecular weight is 369 g/mol. The highest BCUT2D eigenvalue weighted by Gasteiger charge is 2.24. The number of aromatic hydroxyl groups is 1. The van der Waals surface area contributed by atoms with E-state index in [9.17, 15) is 9.90 Å². The van der Waals surface area contributed by atoms with E-state index in [-0.39, 0.29) is 17.8 Å². The molecule has 2 aromatic carbocycles. The fourth-order valence-electron chi connectivity index (χ4n) is 3.39. The van der Waals surface area contributed by atoms with Gasteiger partial charge in [-0.25, -0.2) is 0 Å². The van der Waals surface area contributed by atoms with Gasteiger partial charge in [0.1, 0.15) is 0 Å². The van der Waals surface area contributed by atoms with Crippen LogP contribution in [0.5, 0.6) is 11.5 Å². The molecular weight excluding hydrogens is 342 g/mol. The van der Waals surface area contributed by atoms with Crippen LogP contribution in [-0.4, -0.2) is 48.8 Å². The molecule has 0 bridgehead atoms. The number of phenolic OH excluding ortho intramolecular Hbond substituents is 1. The molecule has 1 aliphatic rings. The van der Waals surface area contributed by atoms with Crippen molar-refractivity contribution in [2.75, 3.05) is 26.8 Å². The minimum absolute atomic E-state index is 0.0506. The molecular formula is C22H27NO4. The van der Waals surface area contributed by atoms with Crippen LogP contribution in [0.25, 0.3) is 11.1 Å². The largest absolute Gasteiger partial charge is 0.504 e. The van der Waals surface area contributed by atoms with Crippen molar-refractivity contribution >= 4 is 5.91 Å². The SMILES string of the molecule is CCCOC1CCCN(C(=O)c2ccc(-c3ccc(O)c(OC)c3)cc2)C1. The number of carbonyl (C=O) groups excluding carboxylic acids is 1. The Hall–Kier alpha value is -2.53. The molecule has 1 saturated heterocycles. The Bertz CT molecular complexity index is 772. The van der Waals surface area contributed by atoms with Crippen LogP contribution in [-0.2, 0) is 4.74 Å². The summed E-state index contributed by atoms with van der Waals surface area (Å²) in [5.41, 5.74) is 2.57. The van der Waals surface area contributed by atoms with Gasteiger partial charge in [0.05, 0.1) is 13.2 Å². The third-order valence-electron chi connectivity index (χ3n) is 4.87. The van der Waals surface area contributed by atoms with Gasteiger partial charge in [-0.3, -0.25) is 4.79 Å². The molecule has 3 rings (SSSR count). The molecule has 1 heterocycles. The summed E-state index contributed by atoms with van der Waals surface area (Å²) in [4.78, 5) is 14.7. The van der Waals surface area contributed by atoms with Gasteiger partial charge in [-0.15, -0.1) is 0 Å². The molecule has 2 aromatic rings. The second-order valence-electron chi connectivity index (χ2n) is 6.85. The summed E-state index contributed by atoms with van der Waals surface area (Å²) in [5.74, 6) is 0.590. The van der Waals surface area contributed by atoms with Crippen molar-refractivity contribution in [3.63, 3.8) is 0 Å². The molecule has 1 fully saturated rings. The molecule has 0 spiro atoms. The van der Waals surface area contributed by atoms with E-state index in [2.05, 4.69) is 6.92 Å². The number of likely N-dealkylation sites (tertiary alicyclic amines) is 1. The van der Waals surface area contributed by atoms with Crippen molar-refractivity contribution < 1.29 is 19.4 Å². The first-order chi connectivity index (χ1) is 13.1. The lowest BCUT2D eigenvalue weighted by atomic mass is 10.0. The normalized spacial score (nSPS) is 17.0. The Kier molecular flexibility index (Phi) is 6.35. The molecule has 0 aliphatic carbocycles. The van der Waals surface area contributed by atoms with Gasteiger partial charge < -0.3 is 19.5 Å². The predicted molar refractivity (Wildman–Crippen MR) is 105 cm³/mol. The number of hydrogen-bond acceptors (Lipinski definition) is 4. The molecule has 27 heavy (non-hydrogen) atoms. The smallest absolute Gasteiger partial charge is 0.253 e. The highest BCUT2D eigenvalue weighted by atomic mass is 16.5. The van der Waals surface area contributed by atoms with E-state index in [0.29, 0.717) is 17.9 Å². The van der Waals surface area contributed by atoms with Gasteiger partial charge in [-0.05, 0) is 54.7 Å². The van der Waals surface area contributed by atoms with Crippen molar-refractivity contribution in [3.8, 4) is 22.6 Å². The minimum Gasteiger partial charge on any atom is -0.504 e. The minimum atomic E-state index is 0.0506. The van der Waals surface area contributed by atoms with Gasteiger partial charge in [0.15, 0.2) is 11.5 Å². The van der Waals surface area contributed by atoms with Crippen LogP contribution in [0.1, 0.15) is 36.5 Å². The van der Waals surface area contributed by atoms with E-state index in [1.807, 2.05) is 35.2 Å². The number of nitrogens with zero attached hydrogens (tertiary/aromatic N) is 1. The number of carbonyl (C=O) groups is 1. The molecule has 0 aromatic heterocycles. The average Bonchev–Trinajstić information content (AvgIpc) is 2.72. The zero-order valence-corrected chi connectivity index (χ0v) is 16.0. The van der Waals surface area contributed by atoms with Gasteiger partial charge in [-0.1, -0.05) is 25.1 Å². The fourth-order valence-corrected chi connectivity index (χ4v) is 3.39. The zero-order chi connectivity index (χ0) is 19.2. The number of hydrogen-bond donors (Lipinski definition) is 1. The lowest BCUT2D eigenvalue weighted by Gasteiger charge is -2.32. The summed E-state index contributed by atoms with van der Waals surface area (Å²) >= 11 is 0. The molecule has 5 heteroatoms. The van der Waals surface area contributed by atoms with E-state index in [1.54, 1.807) is 12.1 Å². The summed E-state index contributed by atoms with van der Waals surface area (Å²) in [5, 5.41) is 9.73. The summed E-state index contributed by atoms with van der Waals surface area (Å²) < 4.78 is 11.0. The van der Waals surface area contributed by atoms with E-state index >= 15 is 0 Å². The van der Waals surface area contributed by atoms with Crippen molar-refractivity contribution in [1.82, 2.24) is 4.90 Å². The van der Waals surface area contributed by atoms with Crippen LogP contribution in [0.3, 0.4) is 0 Å². The number of rotatable bonds is 6. The summed E-state index contributed by atoms with van der Waals surface area (Å²) in [6.45, 7) is 4.28. The van der Waals surface area contributed by atoms with E-state index in [0.717, 1.165) is 43.5 Å². The number of piperidine rings is 1. The van der Waals surface area contributed by atoms with Crippen molar-refractivity contribution in [3.05, 3.63) is 48.0 Å². The van der Waals surface area contributed by atoms with Crippen LogP contribution in [0.15, 0.2) is 42.5 Å². The molecule has 144 valence electrons. The first-order valence-corrected chi connectivity index (χ1v) is 9.50. The fraction of sp³-hybridized carbons (Fsp3) is 0.409. The number of ether oxygens (including phenoxy) is 2. The molecule has 0 saturated carbocycles. The van der Waals surface area contributed by atoms with Gasteiger partial charge >= 0.3 is 0 Å². The maximum atomic E-state index is 12.8. The lowest BCUT2D eigenvalue weighted by molar-refractivity contribution is 0.00211. The summed E-state index contributed by atoms with van der Waals surface area (Å²) in [6.07, 6.45) is 3.14. The third-order valence-corrected chi connectivity index (χ3v) is 4.87. The Morgan fingerprint density at radius 3 is 2.63 bits per heavy atom. The first kappa shape index (κ1) is 19.2. The molecule has 1 N–H and O–H groups in total. The van der Waals surface area contributed by atoms with Crippen LogP contribution in [0, 0.1) is 0 Å². The molecule has 1 amide bonds. The molecule has 5 nitrogen and oxygen atoms in total. The highest BCUT2D eigenvalue weighted by molar-refractivity contribution is 5.94. The standard InChI is InChI=1S/C22H27NO4/c1-3-13-27-19-5-4-12-23(15-19)22(25)17-8-6-16(7-9-17)18-10-11-20(24)21(14-18)26-2/h6-11,14,19,24H,3-5,12-13,15H2,1-2H3. The molecule has 1 unspecified atom stereocenters. The van der Waals surface area contributed by atoms with Crippen LogP contribution >= 0.6 is 0 Å². The predicted octanol–water partition coefficient (Wildman–Crippen LogP) is 4.10. The van der Waals surface area contributed by atoms with Crippen LogP contribution in [0.2, 0.25) is 0 Å². The Morgan fingerprint density at radius 2 is 1.93 bits per heavy atom. The van der Waals surface area contributed by atoms with Crippen LogP contribution in [0.4, 0.5) is 0 Å². The van der Waals surface area contributed by atoms with Crippen molar-refractivity contribution in [1.29, 1.82) is 0 Å². The monoisotopic (exact) mass is 369 g/mol. The Balaban J connectivity index is 1.70. The lowest BCUT2D eigenvalue weighted by Crippen LogP contribution is -2.43. The third kappa shape index (κ3) is 4.61. The van der Waals surface area contributed by atoms with Gasteiger partial charge in [0.25, 0.3) is 5.91 Å². The number of benzene rings is 2. The number of phenols is 1. The Labute approximate surface area is 160 Å². The number of amides is 1. The number of methoxy groups -OCH3 is 1. The maximum Gasteiger partial charge on any atom is 0.253 e. The van der Waals surface area contributed by atoms with Crippen molar-refractivity contribution in [2.24, 2.45) is 0 Å². The summed E-state index contributed by atoms with van der Waals surface area (Å²) in [7, 11) is 1.52. The second kappa shape index (κ2) is 8.91. The molecule has 0 radical (unpaired) electrons.